The van der Waals surface area contributed by atoms with Crippen LogP contribution < -0.4 is 0 Å². The first kappa shape index (κ1) is 21.9. The molecular weight excluding hydrogens is 405 g/mol. The molecule has 0 spiro atoms. The lowest BCUT2D eigenvalue weighted by Gasteiger charge is -2.32. The van der Waals surface area contributed by atoms with Crippen LogP contribution in [0.1, 0.15) is 19.2 Å². The average Bonchev–Trinajstić information content (AvgIpc) is 3.02. The molecule has 0 bridgehead atoms. The molecule has 0 aliphatic carbocycles. The Morgan fingerprint density at radius 1 is 1.39 bits per heavy atom. The summed E-state index contributed by atoms with van der Waals surface area (Å²) in [6, 6.07) is 0. The van der Waals surface area contributed by atoms with Gasteiger partial charge in [0.15, 0.2) is 10.9 Å². The van der Waals surface area contributed by atoms with Gasteiger partial charge in [0.2, 0.25) is 0 Å². The van der Waals surface area contributed by atoms with Crippen LogP contribution in [-0.2, 0) is 30.5 Å². The third-order valence-corrected chi connectivity index (χ3v) is 4.71. The van der Waals surface area contributed by atoms with E-state index in [1.807, 2.05) is 0 Å². The van der Waals surface area contributed by atoms with Crippen molar-refractivity contribution in [3.05, 3.63) is 17.7 Å². The van der Waals surface area contributed by atoms with Crippen molar-refractivity contribution in [2.45, 2.75) is 31.3 Å². The Morgan fingerprint density at radius 2 is 2.11 bits per heavy atom. The molecular formula is C15H17F3N4O5S. The maximum absolute atomic E-state index is 12.4. The van der Waals surface area contributed by atoms with Gasteiger partial charge in [0, 0.05) is 18.7 Å². The molecule has 28 heavy (non-hydrogen) atoms. The number of hydroxylamine groups is 2. The SMILES string of the molecule is COC(=O)Cn1cnc(/C=C2\CN(OC(=O)C(F)(F)F)CCC2SC(C)=O)n1. The second-order valence-electron chi connectivity index (χ2n) is 5.72. The number of carbonyl (C=O) groups excluding carboxylic acids is 3. The van der Waals surface area contributed by atoms with Crippen LogP contribution >= 0.6 is 11.8 Å². The normalized spacial score (nSPS) is 19.5. The fraction of sp³-hybridized carbons (Fsp3) is 0.533. The van der Waals surface area contributed by atoms with Crippen LogP contribution in [0.15, 0.2) is 11.9 Å². The minimum Gasteiger partial charge on any atom is -0.468 e. The Bertz CT molecular complexity index is 780. The summed E-state index contributed by atoms with van der Waals surface area (Å²) in [6.07, 6.45) is -2.05. The summed E-state index contributed by atoms with van der Waals surface area (Å²) in [7, 11) is 1.23. The molecule has 0 saturated carbocycles. The quantitative estimate of drug-likeness (QED) is 0.648. The zero-order chi connectivity index (χ0) is 20.9. The van der Waals surface area contributed by atoms with E-state index in [0.29, 0.717) is 5.57 Å². The number of rotatable bonds is 5. The van der Waals surface area contributed by atoms with Crippen LogP contribution in [0.4, 0.5) is 13.2 Å². The third-order valence-electron chi connectivity index (χ3n) is 3.55. The summed E-state index contributed by atoms with van der Waals surface area (Å²) in [5, 5.41) is 4.44. The van der Waals surface area contributed by atoms with E-state index in [2.05, 4.69) is 19.7 Å². The Kier molecular flexibility index (Phi) is 7.18. The number of piperidine rings is 1. The van der Waals surface area contributed by atoms with Crippen molar-refractivity contribution < 1.29 is 37.1 Å². The molecule has 1 unspecified atom stereocenters. The minimum atomic E-state index is -5.11. The van der Waals surface area contributed by atoms with Crippen LogP contribution in [0.5, 0.6) is 0 Å². The monoisotopic (exact) mass is 422 g/mol. The minimum absolute atomic E-state index is 0.0360. The average molecular weight is 422 g/mol. The standard InChI is InChI=1S/C15H17F3N4O5S/c1-9(23)28-11-3-4-22(27-14(25)15(16,17)18)6-10(11)5-12-19-8-21(20-12)7-13(24)26-2/h5,8,11H,3-4,6-7H2,1-2H3/b10-5+. The first-order valence-electron chi connectivity index (χ1n) is 7.96. The summed E-state index contributed by atoms with van der Waals surface area (Å²) < 4.78 is 43.0. The second kappa shape index (κ2) is 9.19. The van der Waals surface area contributed by atoms with Crippen LogP contribution in [-0.4, -0.2) is 68.5 Å². The highest BCUT2D eigenvalue weighted by Crippen LogP contribution is 2.30. The molecule has 1 aliphatic heterocycles. The molecule has 1 aromatic rings. The molecule has 0 aromatic carbocycles. The van der Waals surface area contributed by atoms with Gasteiger partial charge in [-0.15, -0.1) is 5.06 Å². The van der Waals surface area contributed by atoms with Crippen LogP contribution in [0.25, 0.3) is 6.08 Å². The number of alkyl halides is 3. The van der Waals surface area contributed by atoms with E-state index >= 15 is 0 Å². The molecule has 0 radical (unpaired) electrons. The van der Waals surface area contributed by atoms with Crippen molar-refractivity contribution in [3.8, 4) is 0 Å². The molecule has 2 heterocycles. The molecule has 154 valence electrons. The highest BCUT2D eigenvalue weighted by molar-refractivity contribution is 8.14. The highest BCUT2D eigenvalue weighted by atomic mass is 32.2. The predicted octanol–water partition coefficient (Wildman–Crippen LogP) is 1.21. The van der Waals surface area contributed by atoms with Gasteiger partial charge in [0.05, 0.1) is 13.7 Å². The van der Waals surface area contributed by atoms with Gasteiger partial charge in [-0.1, -0.05) is 11.8 Å². The molecule has 0 N–H and O–H groups in total. The van der Waals surface area contributed by atoms with E-state index in [1.54, 1.807) is 0 Å². The highest BCUT2D eigenvalue weighted by Gasteiger charge is 2.43. The predicted molar refractivity (Wildman–Crippen MR) is 90.4 cm³/mol. The van der Waals surface area contributed by atoms with E-state index in [-0.39, 0.29) is 42.2 Å². The number of aromatic nitrogens is 3. The number of hydrogen-bond donors (Lipinski definition) is 0. The Labute approximate surface area is 161 Å². The van der Waals surface area contributed by atoms with E-state index in [9.17, 15) is 27.6 Å². The van der Waals surface area contributed by atoms with Crippen molar-refractivity contribution >= 4 is 34.9 Å². The summed E-state index contributed by atoms with van der Waals surface area (Å²) >= 11 is 1.02. The zero-order valence-electron chi connectivity index (χ0n) is 14.9. The summed E-state index contributed by atoms with van der Waals surface area (Å²) in [5.74, 6) is -2.65. The summed E-state index contributed by atoms with van der Waals surface area (Å²) in [5.41, 5.74) is 0.511. The fourth-order valence-corrected chi connectivity index (χ4v) is 3.28. The number of esters is 1. The smallest absolute Gasteiger partial charge is 0.468 e. The molecule has 1 aliphatic rings. The van der Waals surface area contributed by atoms with Crippen molar-refractivity contribution in [1.82, 2.24) is 19.8 Å². The number of carbonyl (C=O) groups is 3. The van der Waals surface area contributed by atoms with Gasteiger partial charge >= 0.3 is 18.1 Å². The first-order chi connectivity index (χ1) is 13.1. The summed E-state index contributed by atoms with van der Waals surface area (Å²) in [6.45, 7) is 1.11. The molecule has 0 amide bonds. The van der Waals surface area contributed by atoms with Crippen molar-refractivity contribution in [1.29, 1.82) is 0 Å². The first-order valence-corrected chi connectivity index (χ1v) is 8.84. The molecule has 1 aromatic heterocycles. The maximum Gasteiger partial charge on any atom is 0.492 e. The lowest BCUT2D eigenvalue weighted by atomic mass is 10.1. The van der Waals surface area contributed by atoms with Gasteiger partial charge in [-0.05, 0) is 18.1 Å². The molecule has 1 saturated heterocycles. The van der Waals surface area contributed by atoms with Crippen LogP contribution in [0.2, 0.25) is 0 Å². The second-order valence-corrected chi connectivity index (χ2v) is 7.10. The van der Waals surface area contributed by atoms with E-state index in [4.69, 9.17) is 0 Å². The Hall–Kier alpha value is -2.41. The number of nitrogens with zero attached hydrogens (tertiary/aromatic N) is 4. The van der Waals surface area contributed by atoms with Gasteiger partial charge in [-0.3, -0.25) is 9.59 Å². The van der Waals surface area contributed by atoms with Crippen molar-refractivity contribution in [2.75, 3.05) is 20.2 Å². The zero-order valence-corrected chi connectivity index (χ0v) is 15.7. The number of halogens is 3. The van der Waals surface area contributed by atoms with Gasteiger partial charge in [-0.25, -0.2) is 14.5 Å². The Balaban J connectivity index is 2.17. The Morgan fingerprint density at radius 3 is 2.71 bits per heavy atom. The number of methoxy groups -OCH3 is 1. The number of hydrogen-bond acceptors (Lipinski definition) is 9. The largest absolute Gasteiger partial charge is 0.492 e. The topological polar surface area (TPSA) is 104 Å². The van der Waals surface area contributed by atoms with Crippen molar-refractivity contribution in [2.24, 2.45) is 0 Å². The van der Waals surface area contributed by atoms with Gasteiger partial charge < -0.3 is 9.57 Å². The molecule has 2 rings (SSSR count). The molecule has 1 atom stereocenters. The number of thioether (sulfide) groups is 1. The van der Waals surface area contributed by atoms with Gasteiger partial charge in [0.1, 0.15) is 12.9 Å². The lowest BCUT2D eigenvalue weighted by Crippen LogP contribution is -2.41. The third kappa shape index (κ3) is 6.34. The van der Waals surface area contributed by atoms with E-state index in [1.165, 1.54) is 31.1 Å². The lowest BCUT2D eigenvalue weighted by molar-refractivity contribution is -0.238. The fourth-order valence-electron chi connectivity index (χ4n) is 2.37. The molecule has 13 heteroatoms. The molecule has 1 fully saturated rings. The van der Waals surface area contributed by atoms with Gasteiger partial charge in [0.25, 0.3) is 0 Å². The number of ether oxygens (including phenoxy) is 1. The van der Waals surface area contributed by atoms with Gasteiger partial charge in [-0.2, -0.15) is 18.3 Å². The van der Waals surface area contributed by atoms with Crippen molar-refractivity contribution in [3.63, 3.8) is 0 Å². The maximum atomic E-state index is 12.4. The van der Waals surface area contributed by atoms with E-state index in [0.717, 1.165) is 16.8 Å². The van der Waals surface area contributed by atoms with Crippen LogP contribution in [0, 0.1) is 0 Å². The summed E-state index contributed by atoms with van der Waals surface area (Å²) in [4.78, 5) is 42.2. The van der Waals surface area contributed by atoms with Crippen LogP contribution in [0.3, 0.4) is 0 Å². The van der Waals surface area contributed by atoms with E-state index < -0.39 is 18.1 Å². The molecule has 9 nitrogen and oxygen atoms in total.